The number of nitrogens with two attached hydrogens (primary N) is 1. The summed E-state index contributed by atoms with van der Waals surface area (Å²) in [5.41, 5.74) is 2.82. The van der Waals surface area contributed by atoms with E-state index < -0.39 is 24.0 Å². The number of halogens is 3. The molecule has 0 aromatic carbocycles. The van der Waals surface area contributed by atoms with Gasteiger partial charge >= 0.3 is 6.18 Å². The second-order valence-electron chi connectivity index (χ2n) is 6.38. The molecule has 2 rings (SSSR count). The molecule has 0 amide bonds. The van der Waals surface area contributed by atoms with Crippen LogP contribution in [0.4, 0.5) is 13.2 Å². The number of hydrogen-bond acceptors (Lipinski definition) is 3. The summed E-state index contributed by atoms with van der Waals surface area (Å²) in [5, 5.41) is 10.2. The highest BCUT2D eigenvalue weighted by Crippen LogP contribution is 2.40. The normalized spacial score (nSPS) is 20.2. The Kier molecular flexibility index (Phi) is 5.42. The highest BCUT2D eigenvalue weighted by Gasteiger charge is 2.57. The average Bonchev–Trinajstić information content (AvgIpc) is 2.93. The molecule has 1 saturated heterocycles. The van der Waals surface area contributed by atoms with E-state index in [4.69, 9.17) is 5.73 Å². The highest BCUT2D eigenvalue weighted by atomic mass is 19.4. The summed E-state index contributed by atoms with van der Waals surface area (Å²) in [6.45, 7) is 3.42. The quantitative estimate of drug-likeness (QED) is 0.641. The number of hydrogen-bond donors (Lipinski definition) is 2. The van der Waals surface area contributed by atoms with Crippen molar-refractivity contribution >= 4 is 5.96 Å². The molecule has 0 spiro atoms. The molecule has 1 atom stereocenters. The Hall–Kier alpha value is -1.77. The maximum absolute atomic E-state index is 13.4. The maximum atomic E-state index is 13.4. The third-order valence-corrected chi connectivity index (χ3v) is 4.52. The number of likely N-dealkylation sites (tertiary alicyclic amines) is 1. The summed E-state index contributed by atoms with van der Waals surface area (Å²) in [7, 11) is 1.41. The second-order valence-corrected chi connectivity index (χ2v) is 6.38. The number of aliphatic imine (C=N–C) groups is 1. The Balaban J connectivity index is 2.06. The molecule has 1 unspecified atom stereocenters. The molecule has 1 aliphatic rings. The summed E-state index contributed by atoms with van der Waals surface area (Å²) in [4.78, 5) is 9.56. The monoisotopic (exact) mass is 347 g/mol. The summed E-state index contributed by atoms with van der Waals surface area (Å²) in [6.07, 6.45) is -0.938. The molecule has 0 radical (unpaired) electrons. The van der Waals surface area contributed by atoms with Crippen molar-refractivity contribution in [3.63, 3.8) is 0 Å². The van der Waals surface area contributed by atoms with E-state index in [1.165, 1.54) is 19.4 Å². The lowest BCUT2D eigenvalue weighted by Crippen LogP contribution is -2.45. The van der Waals surface area contributed by atoms with Crippen LogP contribution in [-0.2, 0) is 12.6 Å². The Morgan fingerprint density at radius 1 is 1.42 bits per heavy atom. The van der Waals surface area contributed by atoms with E-state index in [-0.39, 0.29) is 12.5 Å². The lowest BCUT2D eigenvalue weighted by atomic mass is 9.98. The summed E-state index contributed by atoms with van der Waals surface area (Å²) in [5.74, 6) is 0.398. The number of aromatic nitrogens is 2. The van der Waals surface area contributed by atoms with Gasteiger partial charge in [0.25, 0.3) is 0 Å². The smallest absolute Gasteiger partial charge is 0.374 e. The fourth-order valence-electron chi connectivity index (χ4n) is 2.81. The zero-order valence-electron chi connectivity index (χ0n) is 13.9. The molecule has 2 heterocycles. The minimum absolute atomic E-state index is 0.228. The van der Waals surface area contributed by atoms with Crippen molar-refractivity contribution in [3.8, 4) is 0 Å². The van der Waals surface area contributed by atoms with E-state index in [2.05, 4.69) is 16.9 Å². The Morgan fingerprint density at radius 3 is 2.54 bits per heavy atom. The number of alkyl halides is 3. The number of piperidine rings is 1. The van der Waals surface area contributed by atoms with Crippen LogP contribution in [0.25, 0.3) is 0 Å². The molecule has 0 bridgehead atoms. The lowest BCUT2D eigenvalue weighted by molar-refractivity contribution is -0.272. The number of aliphatic hydroxyl groups is 1. The molecular formula is C15H24F3N5O. The molecule has 0 saturated carbocycles. The van der Waals surface area contributed by atoms with E-state index in [1.807, 2.05) is 4.90 Å². The summed E-state index contributed by atoms with van der Waals surface area (Å²) >= 11 is 0. The van der Waals surface area contributed by atoms with Crippen LogP contribution in [0.1, 0.15) is 32.0 Å². The zero-order valence-corrected chi connectivity index (χ0v) is 13.9. The van der Waals surface area contributed by atoms with Gasteiger partial charge in [-0.05, 0) is 18.8 Å². The highest BCUT2D eigenvalue weighted by molar-refractivity contribution is 5.78. The Labute approximate surface area is 139 Å². The fourth-order valence-corrected chi connectivity index (χ4v) is 2.81. The SMILES string of the molecule is CC1CCN(C(N)=NCCC(O)(c2nccn2C)C(F)(F)F)CC1. The molecule has 1 aliphatic heterocycles. The van der Waals surface area contributed by atoms with Gasteiger partial charge in [0.1, 0.15) is 5.82 Å². The number of imidazole rings is 1. The van der Waals surface area contributed by atoms with Crippen molar-refractivity contribution < 1.29 is 18.3 Å². The average molecular weight is 347 g/mol. The standard InChI is InChI=1S/C15H24F3N5O/c1-11-3-8-23(9-4-11)13(19)21-6-5-14(24,15(16,17)18)12-20-7-10-22(12)2/h7,10-11,24H,3-6,8-9H2,1-2H3,(H2,19,21). The van der Waals surface area contributed by atoms with Gasteiger partial charge in [-0.1, -0.05) is 6.92 Å². The minimum Gasteiger partial charge on any atom is -0.374 e. The van der Waals surface area contributed by atoms with Crippen molar-refractivity contribution in [1.82, 2.24) is 14.5 Å². The first kappa shape index (κ1) is 18.6. The van der Waals surface area contributed by atoms with Crippen LogP contribution >= 0.6 is 0 Å². The summed E-state index contributed by atoms with van der Waals surface area (Å²) in [6, 6.07) is 0. The van der Waals surface area contributed by atoms with Crippen molar-refractivity contribution in [2.45, 2.75) is 38.0 Å². The van der Waals surface area contributed by atoms with Crippen LogP contribution < -0.4 is 5.73 Å². The first-order chi connectivity index (χ1) is 11.1. The number of nitrogens with zero attached hydrogens (tertiary/aromatic N) is 4. The van der Waals surface area contributed by atoms with Gasteiger partial charge in [-0.15, -0.1) is 0 Å². The predicted molar refractivity (Wildman–Crippen MR) is 84.2 cm³/mol. The van der Waals surface area contributed by atoms with E-state index in [0.29, 0.717) is 5.92 Å². The van der Waals surface area contributed by atoms with Gasteiger partial charge in [0.05, 0.1) is 0 Å². The third kappa shape index (κ3) is 3.82. The molecule has 6 nitrogen and oxygen atoms in total. The van der Waals surface area contributed by atoms with Crippen molar-refractivity contribution in [2.24, 2.45) is 23.7 Å². The maximum Gasteiger partial charge on any atom is 0.424 e. The van der Waals surface area contributed by atoms with Gasteiger partial charge in [0, 0.05) is 45.5 Å². The molecule has 24 heavy (non-hydrogen) atoms. The van der Waals surface area contributed by atoms with E-state index >= 15 is 0 Å². The number of aryl methyl sites for hydroxylation is 1. The van der Waals surface area contributed by atoms with E-state index in [0.717, 1.165) is 30.5 Å². The first-order valence-electron chi connectivity index (χ1n) is 7.97. The van der Waals surface area contributed by atoms with Gasteiger partial charge < -0.3 is 20.3 Å². The lowest BCUT2D eigenvalue weighted by Gasteiger charge is -2.32. The number of guanidine groups is 1. The van der Waals surface area contributed by atoms with Gasteiger partial charge in [0.2, 0.25) is 5.60 Å². The molecule has 136 valence electrons. The third-order valence-electron chi connectivity index (χ3n) is 4.52. The van der Waals surface area contributed by atoms with Crippen molar-refractivity contribution in [1.29, 1.82) is 0 Å². The minimum atomic E-state index is -4.85. The Bertz CT molecular complexity index is 578. The molecular weight excluding hydrogens is 323 g/mol. The molecule has 1 fully saturated rings. The Morgan fingerprint density at radius 2 is 2.04 bits per heavy atom. The van der Waals surface area contributed by atoms with Crippen LogP contribution in [0, 0.1) is 5.92 Å². The molecule has 1 aromatic rings. The fraction of sp³-hybridized carbons (Fsp3) is 0.733. The topological polar surface area (TPSA) is 79.7 Å². The van der Waals surface area contributed by atoms with Crippen LogP contribution in [0.2, 0.25) is 0 Å². The predicted octanol–water partition coefficient (Wildman–Crippen LogP) is 1.61. The van der Waals surface area contributed by atoms with Crippen LogP contribution in [0.5, 0.6) is 0 Å². The molecule has 1 aromatic heterocycles. The first-order valence-corrected chi connectivity index (χ1v) is 7.97. The van der Waals surface area contributed by atoms with Gasteiger partial charge in [0.15, 0.2) is 5.96 Å². The van der Waals surface area contributed by atoms with Gasteiger partial charge in [-0.2, -0.15) is 13.2 Å². The summed E-state index contributed by atoms with van der Waals surface area (Å²) < 4.78 is 41.3. The van der Waals surface area contributed by atoms with E-state index in [1.54, 1.807) is 0 Å². The van der Waals surface area contributed by atoms with Crippen LogP contribution in [-0.4, -0.2) is 51.3 Å². The molecule has 3 N–H and O–H groups in total. The van der Waals surface area contributed by atoms with Gasteiger partial charge in [-0.25, -0.2) is 4.98 Å². The van der Waals surface area contributed by atoms with Crippen molar-refractivity contribution in [2.75, 3.05) is 19.6 Å². The van der Waals surface area contributed by atoms with Crippen LogP contribution in [0.3, 0.4) is 0 Å². The molecule has 9 heteroatoms. The number of rotatable bonds is 4. The van der Waals surface area contributed by atoms with Crippen LogP contribution in [0.15, 0.2) is 17.4 Å². The largest absolute Gasteiger partial charge is 0.424 e. The second kappa shape index (κ2) is 7.00. The van der Waals surface area contributed by atoms with Gasteiger partial charge in [-0.3, -0.25) is 4.99 Å². The molecule has 0 aliphatic carbocycles. The van der Waals surface area contributed by atoms with E-state index in [9.17, 15) is 18.3 Å². The zero-order chi connectivity index (χ0) is 18.0. The van der Waals surface area contributed by atoms with Crippen molar-refractivity contribution in [3.05, 3.63) is 18.2 Å².